The zero-order valence-corrected chi connectivity index (χ0v) is 19.1. The summed E-state index contributed by atoms with van der Waals surface area (Å²) in [4.78, 5) is 26.0. The fourth-order valence-corrected chi connectivity index (χ4v) is 4.32. The Morgan fingerprint density at radius 1 is 1.21 bits per heavy atom. The number of halogens is 1. The van der Waals surface area contributed by atoms with Crippen LogP contribution in [0.25, 0.3) is 16.9 Å². The third-order valence-corrected chi connectivity index (χ3v) is 6.25. The molecule has 1 aliphatic heterocycles. The number of carbonyl (C=O) groups is 1. The minimum absolute atomic E-state index is 0.0665. The summed E-state index contributed by atoms with van der Waals surface area (Å²) in [5.41, 5.74) is 1.22. The molecule has 1 aromatic heterocycles. The van der Waals surface area contributed by atoms with Crippen LogP contribution in [0.5, 0.6) is 0 Å². The summed E-state index contributed by atoms with van der Waals surface area (Å²) in [6.45, 7) is 4.75. The Hall–Kier alpha value is -3.59. The van der Waals surface area contributed by atoms with Crippen molar-refractivity contribution in [1.82, 2.24) is 20.0 Å². The predicted molar refractivity (Wildman–Crippen MR) is 127 cm³/mol. The third kappa shape index (κ3) is 5.31. The molecule has 9 heteroatoms. The molecular formula is C25H28FN5O3. The molecule has 0 saturated carbocycles. The lowest BCUT2D eigenvalue weighted by molar-refractivity contribution is -0.384. The van der Waals surface area contributed by atoms with E-state index in [4.69, 9.17) is 0 Å². The highest BCUT2D eigenvalue weighted by molar-refractivity contribution is 5.94. The molecule has 1 saturated heterocycles. The first-order valence-electron chi connectivity index (χ1n) is 11.6. The number of amides is 1. The lowest BCUT2D eigenvalue weighted by Gasteiger charge is -2.33. The molecule has 178 valence electrons. The molecule has 2 heterocycles. The van der Waals surface area contributed by atoms with E-state index in [1.165, 1.54) is 54.3 Å². The van der Waals surface area contributed by atoms with Gasteiger partial charge in [0.25, 0.3) is 11.6 Å². The van der Waals surface area contributed by atoms with Crippen molar-refractivity contribution >= 4 is 11.6 Å². The maximum Gasteiger partial charge on any atom is 0.270 e. The zero-order chi connectivity index (χ0) is 24.1. The number of piperidine rings is 1. The molecule has 1 unspecified atom stereocenters. The lowest BCUT2D eigenvalue weighted by atomic mass is 10.0. The minimum Gasteiger partial charge on any atom is -0.351 e. The Balaban J connectivity index is 1.54. The summed E-state index contributed by atoms with van der Waals surface area (Å²) in [7, 11) is 0. The number of nitro benzene ring substituents is 1. The van der Waals surface area contributed by atoms with Crippen LogP contribution in [0.3, 0.4) is 0 Å². The monoisotopic (exact) mass is 465 g/mol. The van der Waals surface area contributed by atoms with Gasteiger partial charge in [-0.1, -0.05) is 18.6 Å². The van der Waals surface area contributed by atoms with Crippen LogP contribution in [0.2, 0.25) is 0 Å². The number of non-ortho nitro benzene ring substituents is 1. The van der Waals surface area contributed by atoms with Gasteiger partial charge in [-0.2, -0.15) is 5.10 Å². The van der Waals surface area contributed by atoms with Crippen molar-refractivity contribution in [3.05, 3.63) is 76.2 Å². The van der Waals surface area contributed by atoms with E-state index in [2.05, 4.69) is 22.2 Å². The molecule has 1 aliphatic rings. The van der Waals surface area contributed by atoms with Crippen LogP contribution in [-0.4, -0.2) is 51.2 Å². The molecule has 0 spiro atoms. The molecule has 2 aromatic carbocycles. The summed E-state index contributed by atoms with van der Waals surface area (Å²) in [6.07, 6.45) is 4.51. The number of hydrogen-bond acceptors (Lipinski definition) is 5. The second-order valence-corrected chi connectivity index (χ2v) is 8.57. The number of benzene rings is 2. The summed E-state index contributed by atoms with van der Waals surface area (Å²) in [5, 5.41) is 18.4. The van der Waals surface area contributed by atoms with Crippen LogP contribution < -0.4 is 5.32 Å². The van der Waals surface area contributed by atoms with Crippen LogP contribution in [0.4, 0.5) is 10.1 Å². The number of aromatic nitrogens is 2. The number of hydrogen-bond donors (Lipinski definition) is 1. The quantitative estimate of drug-likeness (QED) is 0.299. The fourth-order valence-electron chi connectivity index (χ4n) is 4.32. The molecule has 8 nitrogen and oxygen atoms in total. The van der Waals surface area contributed by atoms with Gasteiger partial charge in [-0.3, -0.25) is 14.9 Å². The Bertz CT molecular complexity index is 1160. The first-order valence-corrected chi connectivity index (χ1v) is 11.6. The first-order chi connectivity index (χ1) is 16.4. The normalized spacial score (nSPS) is 16.4. The Kier molecular flexibility index (Phi) is 7.32. The van der Waals surface area contributed by atoms with Crippen LogP contribution in [0.15, 0.2) is 54.6 Å². The van der Waals surface area contributed by atoms with Crippen LogP contribution in [0, 0.1) is 15.9 Å². The van der Waals surface area contributed by atoms with E-state index in [1.54, 1.807) is 24.3 Å². The lowest BCUT2D eigenvalue weighted by Crippen LogP contribution is -2.39. The molecule has 0 aliphatic carbocycles. The van der Waals surface area contributed by atoms with Crippen LogP contribution in [0.1, 0.15) is 43.1 Å². The second kappa shape index (κ2) is 10.6. The van der Waals surface area contributed by atoms with Gasteiger partial charge in [0.1, 0.15) is 11.5 Å². The molecule has 1 fully saturated rings. The molecule has 0 radical (unpaired) electrons. The standard InChI is InChI=1S/C25H28FN5O3/c1-18-7-4-5-15-29(18)16-6-14-27-25(32)24-17-23(21-8-2-3-9-22(21)26)28-30(24)19-10-12-20(13-11-19)31(33)34/h2-3,8-13,17-18H,4-7,14-16H2,1H3,(H,27,32). The van der Waals surface area contributed by atoms with Crippen molar-refractivity contribution < 1.29 is 14.1 Å². The van der Waals surface area contributed by atoms with Crippen molar-refractivity contribution in [3.63, 3.8) is 0 Å². The van der Waals surface area contributed by atoms with Crippen molar-refractivity contribution in [3.8, 4) is 16.9 Å². The van der Waals surface area contributed by atoms with Crippen molar-refractivity contribution in [2.75, 3.05) is 19.6 Å². The van der Waals surface area contributed by atoms with Gasteiger partial charge in [0.05, 0.1) is 16.3 Å². The number of nitrogens with one attached hydrogen (secondary N) is 1. The number of rotatable bonds is 8. The first kappa shape index (κ1) is 23.6. The number of nitro groups is 1. The van der Waals surface area contributed by atoms with E-state index in [0.29, 0.717) is 24.0 Å². The topological polar surface area (TPSA) is 93.3 Å². The van der Waals surface area contributed by atoms with E-state index in [1.807, 2.05) is 0 Å². The van der Waals surface area contributed by atoms with Gasteiger partial charge in [0, 0.05) is 36.8 Å². The highest BCUT2D eigenvalue weighted by atomic mass is 19.1. The number of carbonyl (C=O) groups excluding carboxylic acids is 1. The Morgan fingerprint density at radius 3 is 2.68 bits per heavy atom. The maximum absolute atomic E-state index is 14.4. The van der Waals surface area contributed by atoms with Gasteiger partial charge in [-0.15, -0.1) is 0 Å². The van der Waals surface area contributed by atoms with Gasteiger partial charge in [0.2, 0.25) is 0 Å². The van der Waals surface area contributed by atoms with Crippen molar-refractivity contribution in [1.29, 1.82) is 0 Å². The second-order valence-electron chi connectivity index (χ2n) is 8.57. The van der Waals surface area contributed by atoms with E-state index >= 15 is 0 Å². The predicted octanol–water partition coefficient (Wildman–Crippen LogP) is 4.58. The summed E-state index contributed by atoms with van der Waals surface area (Å²) in [6, 6.07) is 14.1. The smallest absolute Gasteiger partial charge is 0.270 e. The molecule has 1 atom stereocenters. The van der Waals surface area contributed by atoms with Crippen molar-refractivity contribution in [2.24, 2.45) is 0 Å². The van der Waals surface area contributed by atoms with E-state index < -0.39 is 10.7 Å². The average Bonchev–Trinajstić information content (AvgIpc) is 3.28. The highest BCUT2D eigenvalue weighted by Gasteiger charge is 2.21. The van der Waals surface area contributed by atoms with Gasteiger partial charge in [0.15, 0.2) is 0 Å². The van der Waals surface area contributed by atoms with E-state index in [0.717, 1.165) is 19.5 Å². The third-order valence-electron chi connectivity index (χ3n) is 6.25. The SMILES string of the molecule is CC1CCCCN1CCCNC(=O)c1cc(-c2ccccc2F)nn1-c1ccc([N+](=O)[O-])cc1. The zero-order valence-electron chi connectivity index (χ0n) is 19.1. The Labute approximate surface area is 197 Å². The Morgan fingerprint density at radius 2 is 1.97 bits per heavy atom. The summed E-state index contributed by atoms with van der Waals surface area (Å²) >= 11 is 0. The summed E-state index contributed by atoms with van der Waals surface area (Å²) in [5.74, 6) is -0.779. The molecular weight excluding hydrogens is 437 g/mol. The van der Waals surface area contributed by atoms with E-state index in [-0.39, 0.29) is 22.9 Å². The fraction of sp³-hybridized carbons (Fsp3) is 0.360. The number of nitrogens with zero attached hydrogens (tertiary/aromatic N) is 4. The largest absolute Gasteiger partial charge is 0.351 e. The molecule has 3 aromatic rings. The average molecular weight is 466 g/mol. The van der Waals surface area contributed by atoms with Gasteiger partial charge >= 0.3 is 0 Å². The molecule has 4 rings (SSSR count). The molecule has 34 heavy (non-hydrogen) atoms. The van der Waals surface area contributed by atoms with Crippen LogP contribution >= 0.6 is 0 Å². The van der Waals surface area contributed by atoms with Gasteiger partial charge in [-0.05, 0) is 63.1 Å². The molecule has 1 amide bonds. The van der Waals surface area contributed by atoms with Gasteiger partial charge in [-0.25, -0.2) is 9.07 Å². The molecule has 0 bridgehead atoms. The van der Waals surface area contributed by atoms with Crippen LogP contribution in [-0.2, 0) is 0 Å². The summed E-state index contributed by atoms with van der Waals surface area (Å²) < 4.78 is 15.8. The molecule has 1 N–H and O–H groups in total. The maximum atomic E-state index is 14.4. The number of likely N-dealkylation sites (tertiary alicyclic amines) is 1. The van der Waals surface area contributed by atoms with Gasteiger partial charge < -0.3 is 10.2 Å². The van der Waals surface area contributed by atoms with E-state index in [9.17, 15) is 19.3 Å². The highest BCUT2D eigenvalue weighted by Crippen LogP contribution is 2.25. The van der Waals surface area contributed by atoms with Crippen molar-refractivity contribution in [2.45, 2.75) is 38.6 Å². The minimum atomic E-state index is -0.492.